The van der Waals surface area contributed by atoms with Crippen molar-refractivity contribution in [2.45, 2.75) is 6.92 Å². The molecule has 2 aromatic rings. The van der Waals surface area contributed by atoms with Crippen LogP contribution in [-0.4, -0.2) is 18.2 Å². The van der Waals surface area contributed by atoms with Crippen molar-refractivity contribution in [1.82, 2.24) is 0 Å². The van der Waals surface area contributed by atoms with Crippen molar-refractivity contribution in [2.75, 3.05) is 11.6 Å². The molecule has 0 saturated carbocycles. The van der Waals surface area contributed by atoms with Gasteiger partial charge in [-0.2, -0.15) is 10.1 Å². The molecule has 3 rings (SSSR count). The van der Waals surface area contributed by atoms with Gasteiger partial charge in [-0.15, -0.1) is 6.42 Å². The van der Waals surface area contributed by atoms with Crippen LogP contribution < -0.4 is 9.75 Å². The van der Waals surface area contributed by atoms with Crippen molar-refractivity contribution in [1.29, 1.82) is 0 Å². The number of amides is 1. The Kier molecular flexibility index (Phi) is 5.37. The number of nitrogens with zero attached hydrogens (tertiary/aromatic N) is 2. The highest BCUT2D eigenvalue weighted by atomic mass is 19.2. The first kappa shape index (κ1) is 20.1. The third-order valence-corrected chi connectivity index (χ3v) is 3.97. The van der Waals surface area contributed by atoms with E-state index in [1.807, 2.05) is 0 Å². The predicted molar refractivity (Wildman–Crippen MR) is 95.6 cm³/mol. The van der Waals surface area contributed by atoms with Gasteiger partial charge in [0.1, 0.15) is 18.0 Å². The molecule has 0 spiro atoms. The zero-order chi connectivity index (χ0) is 21.3. The minimum absolute atomic E-state index is 0.0339. The monoisotopic (exact) mass is 406 g/mol. The second-order valence-corrected chi connectivity index (χ2v) is 5.84. The Morgan fingerprint density at radius 3 is 2.14 bits per heavy atom. The topological polar surface area (TPSA) is 41.9 Å². The van der Waals surface area contributed by atoms with Crippen molar-refractivity contribution < 1.29 is 31.5 Å². The molecule has 2 aromatic carbocycles. The average molecular weight is 406 g/mol. The normalized spacial score (nSPS) is 14.9. The zero-order valence-corrected chi connectivity index (χ0v) is 14.8. The molecule has 0 saturated heterocycles. The summed E-state index contributed by atoms with van der Waals surface area (Å²) in [6.07, 6.45) is 6.45. The van der Waals surface area contributed by atoms with Crippen LogP contribution in [0.2, 0.25) is 0 Å². The van der Waals surface area contributed by atoms with E-state index in [4.69, 9.17) is 11.2 Å². The first-order valence-corrected chi connectivity index (χ1v) is 8.05. The van der Waals surface area contributed by atoms with Gasteiger partial charge >= 0.3 is 0 Å². The number of benzene rings is 2. The maximum absolute atomic E-state index is 14.0. The number of terminal acetylenes is 1. The molecule has 0 atom stereocenters. The van der Waals surface area contributed by atoms with Crippen molar-refractivity contribution >= 4 is 23.4 Å². The lowest BCUT2D eigenvalue weighted by atomic mass is 10.1. The van der Waals surface area contributed by atoms with Gasteiger partial charge in [0.25, 0.3) is 5.91 Å². The Labute approximate surface area is 161 Å². The molecule has 1 aliphatic heterocycles. The quantitative estimate of drug-likeness (QED) is 0.251. The summed E-state index contributed by atoms with van der Waals surface area (Å²) in [6, 6.07) is 6.33. The lowest BCUT2D eigenvalue weighted by molar-refractivity contribution is -0.114. The van der Waals surface area contributed by atoms with Gasteiger partial charge in [-0.1, -0.05) is 18.1 Å². The van der Waals surface area contributed by atoms with Crippen LogP contribution in [-0.2, 0) is 4.79 Å². The van der Waals surface area contributed by atoms with Crippen molar-refractivity contribution in [2.24, 2.45) is 5.10 Å². The van der Waals surface area contributed by atoms with E-state index in [9.17, 15) is 26.7 Å². The Morgan fingerprint density at radius 2 is 1.59 bits per heavy atom. The Hall–Kier alpha value is -3.67. The molecule has 1 aliphatic rings. The van der Waals surface area contributed by atoms with Gasteiger partial charge in [0.15, 0.2) is 23.3 Å². The summed E-state index contributed by atoms with van der Waals surface area (Å²) in [7, 11) is 0. The largest absolute Gasteiger partial charge is 0.481 e. The van der Waals surface area contributed by atoms with Crippen LogP contribution in [0.4, 0.5) is 27.6 Å². The molecule has 0 unspecified atom stereocenters. The van der Waals surface area contributed by atoms with E-state index < -0.39 is 40.7 Å². The Balaban J connectivity index is 1.96. The molecule has 1 amide bonds. The van der Waals surface area contributed by atoms with Gasteiger partial charge in [-0.3, -0.25) is 4.79 Å². The molecule has 0 aromatic heterocycles. The first-order chi connectivity index (χ1) is 13.8. The molecule has 0 aliphatic carbocycles. The van der Waals surface area contributed by atoms with Crippen LogP contribution in [0.3, 0.4) is 0 Å². The van der Waals surface area contributed by atoms with Gasteiger partial charge in [-0.25, -0.2) is 22.0 Å². The summed E-state index contributed by atoms with van der Waals surface area (Å²) in [5.74, 6) is -9.21. The third-order valence-electron chi connectivity index (χ3n) is 3.97. The lowest BCUT2D eigenvalue weighted by Crippen LogP contribution is -2.25. The fourth-order valence-electron chi connectivity index (χ4n) is 2.57. The molecule has 9 heteroatoms. The Bertz CT molecular complexity index is 1070. The van der Waals surface area contributed by atoms with Crippen LogP contribution >= 0.6 is 0 Å². The van der Waals surface area contributed by atoms with Crippen LogP contribution in [0.25, 0.3) is 6.08 Å². The molecule has 0 bridgehead atoms. The van der Waals surface area contributed by atoms with Gasteiger partial charge in [0, 0.05) is 0 Å². The third kappa shape index (κ3) is 3.57. The fourth-order valence-corrected chi connectivity index (χ4v) is 2.57. The number of carbonyl (C=O) groups is 1. The van der Waals surface area contributed by atoms with E-state index in [0.717, 1.165) is 0 Å². The zero-order valence-electron chi connectivity index (χ0n) is 14.8. The van der Waals surface area contributed by atoms with Crippen LogP contribution in [0, 0.1) is 41.4 Å². The van der Waals surface area contributed by atoms with E-state index >= 15 is 0 Å². The van der Waals surface area contributed by atoms with Crippen molar-refractivity contribution in [3.05, 3.63) is 64.5 Å². The summed E-state index contributed by atoms with van der Waals surface area (Å²) < 4.78 is 73.4. The second-order valence-electron chi connectivity index (χ2n) is 5.84. The van der Waals surface area contributed by atoms with E-state index in [1.165, 1.54) is 13.0 Å². The standard InChI is InChI=1S/C20H11F5N2O2/c1-3-8-29-12-6-4-11(5-7-12)9-13-10(2)26-27(20(13)28)19-17(24)15(22)14(21)16(23)18(19)25/h1,4-7,9H,8H2,2H3/b13-9+. The number of hydrogen-bond acceptors (Lipinski definition) is 3. The van der Waals surface area contributed by atoms with Gasteiger partial charge < -0.3 is 4.74 Å². The van der Waals surface area contributed by atoms with E-state index in [2.05, 4.69) is 11.0 Å². The summed E-state index contributed by atoms with van der Waals surface area (Å²) in [4.78, 5) is 12.6. The highest BCUT2D eigenvalue weighted by Gasteiger charge is 2.36. The Morgan fingerprint density at radius 1 is 1.03 bits per heavy atom. The van der Waals surface area contributed by atoms with E-state index in [0.29, 0.717) is 11.3 Å². The van der Waals surface area contributed by atoms with Crippen LogP contribution in [0.1, 0.15) is 12.5 Å². The molecular weight excluding hydrogens is 395 g/mol. The molecule has 0 radical (unpaired) electrons. The van der Waals surface area contributed by atoms with Crippen molar-refractivity contribution in [3.8, 4) is 18.1 Å². The van der Waals surface area contributed by atoms with Gasteiger partial charge in [0.05, 0.1) is 11.3 Å². The van der Waals surface area contributed by atoms with Gasteiger partial charge in [0.2, 0.25) is 5.82 Å². The summed E-state index contributed by atoms with van der Waals surface area (Å²) in [5.41, 5.74) is -0.972. The summed E-state index contributed by atoms with van der Waals surface area (Å²) in [5, 5.41) is 3.81. The van der Waals surface area contributed by atoms with E-state index in [1.54, 1.807) is 24.3 Å². The number of ether oxygens (including phenoxy) is 1. The number of hydrazone groups is 1. The summed E-state index contributed by atoms with van der Waals surface area (Å²) >= 11 is 0. The van der Waals surface area contributed by atoms with Crippen molar-refractivity contribution in [3.63, 3.8) is 0 Å². The minimum Gasteiger partial charge on any atom is -0.481 e. The molecular formula is C20H11F5N2O2. The molecule has 0 N–H and O–H groups in total. The first-order valence-electron chi connectivity index (χ1n) is 8.05. The number of hydrogen-bond donors (Lipinski definition) is 0. The smallest absolute Gasteiger partial charge is 0.280 e. The number of halogens is 5. The van der Waals surface area contributed by atoms with Gasteiger partial charge in [-0.05, 0) is 30.7 Å². The molecule has 29 heavy (non-hydrogen) atoms. The predicted octanol–water partition coefficient (Wildman–Crippen LogP) is 4.20. The van der Waals surface area contributed by atoms with Crippen LogP contribution in [0.15, 0.2) is 34.9 Å². The molecule has 148 valence electrons. The van der Waals surface area contributed by atoms with Crippen LogP contribution in [0.5, 0.6) is 5.75 Å². The average Bonchev–Trinajstić information content (AvgIpc) is 2.98. The SMILES string of the molecule is C#CCOc1ccc(/C=C2/C(=O)N(c3c(F)c(F)c(F)c(F)c3F)N=C2C)cc1. The maximum atomic E-state index is 14.0. The second kappa shape index (κ2) is 7.75. The number of rotatable bonds is 4. The van der Waals surface area contributed by atoms with E-state index in [-0.39, 0.29) is 22.9 Å². The fraction of sp³-hybridized carbons (Fsp3) is 0.100. The highest BCUT2D eigenvalue weighted by Crippen LogP contribution is 2.34. The number of anilines is 1. The lowest BCUT2D eigenvalue weighted by Gasteiger charge is -2.15. The molecule has 1 heterocycles. The summed E-state index contributed by atoms with van der Waals surface area (Å²) in [6.45, 7) is 1.43. The maximum Gasteiger partial charge on any atom is 0.280 e. The minimum atomic E-state index is -2.32. The molecule has 4 nitrogen and oxygen atoms in total. The number of carbonyl (C=O) groups excluding carboxylic acids is 1. The highest BCUT2D eigenvalue weighted by molar-refractivity contribution is 6.32. The molecule has 0 fully saturated rings.